The van der Waals surface area contributed by atoms with E-state index in [1.807, 2.05) is 12.1 Å². The van der Waals surface area contributed by atoms with Crippen molar-refractivity contribution in [2.24, 2.45) is 5.73 Å². The lowest BCUT2D eigenvalue weighted by molar-refractivity contribution is 0.364. The van der Waals surface area contributed by atoms with E-state index in [0.717, 1.165) is 4.47 Å². The third kappa shape index (κ3) is 2.58. The standard InChI is InChI=1S/C11H10BrN7O/c12-8-2-1-3-14-10(8)11-15-9(20-17-11)6-19-5-7(4-13)16-18-19/h1-3,5H,4,6,13H2. The average Bonchev–Trinajstić information content (AvgIpc) is 3.09. The molecule has 3 heterocycles. The number of rotatable bonds is 4. The van der Waals surface area contributed by atoms with Crippen LogP contribution in [0, 0.1) is 0 Å². The van der Waals surface area contributed by atoms with Crippen LogP contribution in [0.4, 0.5) is 0 Å². The van der Waals surface area contributed by atoms with Crippen molar-refractivity contribution in [1.82, 2.24) is 30.1 Å². The number of aromatic nitrogens is 6. The molecule has 0 amide bonds. The summed E-state index contributed by atoms with van der Waals surface area (Å²) in [6.07, 6.45) is 3.40. The molecule has 3 rings (SSSR count). The molecule has 0 aliphatic carbocycles. The maximum Gasteiger partial charge on any atom is 0.248 e. The molecule has 0 aromatic carbocycles. The summed E-state index contributed by atoms with van der Waals surface area (Å²) in [6.45, 7) is 0.681. The van der Waals surface area contributed by atoms with Gasteiger partial charge in [0.2, 0.25) is 11.7 Å². The summed E-state index contributed by atoms with van der Waals surface area (Å²) in [5.74, 6) is 0.845. The second-order valence-electron chi connectivity index (χ2n) is 3.96. The molecule has 0 atom stereocenters. The van der Waals surface area contributed by atoms with Gasteiger partial charge < -0.3 is 10.3 Å². The molecule has 0 fully saturated rings. The number of hydrogen-bond acceptors (Lipinski definition) is 7. The quantitative estimate of drug-likeness (QED) is 0.757. The number of halogens is 1. The van der Waals surface area contributed by atoms with Crippen LogP contribution in [0.25, 0.3) is 11.5 Å². The van der Waals surface area contributed by atoms with Gasteiger partial charge in [0.25, 0.3) is 0 Å². The number of nitrogens with zero attached hydrogens (tertiary/aromatic N) is 6. The normalized spacial score (nSPS) is 10.9. The third-order valence-corrected chi connectivity index (χ3v) is 3.17. The molecule has 0 saturated heterocycles. The van der Waals surface area contributed by atoms with Crippen molar-refractivity contribution in [3.63, 3.8) is 0 Å². The van der Waals surface area contributed by atoms with Crippen molar-refractivity contribution >= 4 is 15.9 Å². The average molecular weight is 336 g/mol. The van der Waals surface area contributed by atoms with E-state index in [4.69, 9.17) is 10.3 Å². The van der Waals surface area contributed by atoms with E-state index in [-0.39, 0.29) is 0 Å². The Morgan fingerprint density at radius 2 is 2.30 bits per heavy atom. The van der Waals surface area contributed by atoms with E-state index >= 15 is 0 Å². The number of nitrogens with two attached hydrogens (primary N) is 1. The van der Waals surface area contributed by atoms with Crippen LogP contribution in [0.2, 0.25) is 0 Å². The van der Waals surface area contributed by atoms with Crippen molar-refractivity contribution in [2.45, 2.75) is 13.1 Å². The van der Waals surface area contributed by atoms with Crippen LogP contribution >= 0.6 is 15.9 Å². The minimum Gasteiger partial charge on any atom is -0.337 e. The largest absolute Gasteiger partial charge is 0.337 e. The van der Waals surface area contributed by atoms with Gasteiger partial charge in [-0.15, -0.1) is 5.10 Å². The summed E-state index contributed by atoms with van der Waals surface area (Å²) in [5, 5.41) is 11.7. The Kier molecular flexibility index (Phi) is 3.52. The van der Waals surface area contributed by atoms with Gasteiger partial charge in [-0.3, -0.25) is 4.98 Å². The van der Waals surface area contributed by atoms with Crippen molar-refractivity contribution in [2.75, 3.05) is 0 Å². The zero-order chi connectivity index (χ0) is 13.9. The summed E-state index contributed by atoms with van der Waals surface area (Å²) in [4.78, 5) is 8.48. The molecule has 3 aromatic heterocycles. The minimum absolute atomic E-state index is 0.338. The van der Waals surface area contributed by atoms with E-state index in [1.165, 1.54) is 0 Å². The van der Waals surface area contributed by atoms with Crippen molar-refractivity contribution < 1.29 is 4.52 Å². The molecular weight excluding hydrogens is 326 g/mol. The second-order valence-corrected chi connectivity index (χ2v) is 4.81. The predicted octanol–water partition coefficient (Wildman–Crippen LogP) is 0.993. The molecule has 2 N–H and O–H groups in total. The molecule has 3 aromatic rings. The summed E-state index contributed by atoms with van der Waals surface area (Å²) < 4.78 is 7.57. The lowest BCUT2D eigenvalue weighted by Crippen LogP contribution is -2.01. The van der Waals surface area contributed by atoms with E-state index in [9.17, 15) is 0 Å². The van der Waals surface area contributed by atoms with Gasteiger partial charge in [0.05, 0.1) is 11.9 Å². The first-order valence-corrected chi connectivity index (χ1v) is 6.58. The zero-order valence-corrected chi connectivity index (χ0v) is 11.9. The first-order valence-electron chi connectivity index (χ1n) is 5.79. The van der Waals surface area contributed by atoms with Gasteiger partial charge in [-0.1, -0.05) is 10.4 Å². The lowest BCUT2D eigenvalue weighted by Gasteiger charge is -1.95. The Hall–Kier alpha value is -2.13. The van der Waals surface area contributed by atoms with Gasteiger partial charge in [-0.2, -0.15) is 4.98 Å². The SMILES string of the molecule is NCc1cn(Cc2nc(-c3ncccc3Br)no2)nn1. The topological polar surface area (TPSA) is 109 Å². The Morgan fingerprint density at radius 1 is 1.40 bits per heavy atom. The van der Waals surface area contributed by atoms with Crippen LogP contribution in [0.1, 0.15) is 11.6 Å². The van der Waals surface area contributed by atoms with E-state index in [0.29, 0.717) is 36.2 Å². The van der Waals surface area contributed by atoms with Gasteiger partial charge >= 0.3 is 0 Å². The third-order valence-electron chi connectivity index (χ3n) is 2.53. The molecule has 20 heavy (non-hydrogen) atoms. The van der Waals surface area contributed by atoms with Crippen LogP contribution in [0.3, 0.4) is 0 Å². The maximum absolute atomic E-state index is 5.47. The Balaban J connectivity index is 1.82. The summed E-state index contributed by atoms with van der Waals surface area (Å²) >= 11 is 3.40. The number of pyridine rings is 1. The van der Waals surface area contributed by atoms with E-state index < -0.39 is 0 Å². The first kappa shape index (κ1) is 12.9. The summed E-state index contributed by atoms with van der Waals surface area (Å²) in [6, 6.07) is 3.68. The molecule has 0 spiro atoms. The van der Waals surface area contributed by atoms with Crippen molar-refractivity contribution in [3.8, 4) is 11.5 Å². The molecule has 0 unspecified atom stereocenters. The predicted molar refractivity (Wildman–Crippen MR) is 72.2 cm³/mol. The smallest absolute Gasteiger partial charge is 0.248 e. The fourth-order valence-electron chi connectivity index (χ4n) is 1.61. The second kappa shape index (κ2) is 5.47. The van der Waals surface area contributed by atoms with Crippen LogP contribution in [-0.2, 0) is 13.1 Å². The first-order chi connectivity index (χ1) is 9.76. The van der Waals surface area contributed by atoms with Gasteiger partial charge in [-0.05, 0) is 28.1 Å². The molecule has 9 heteroatoms. The molecule has 0 bridgehead atoms. The highest BCUT2D eigenvalue weighted by Gasteiger charge is 2.13. The van der Waals surface area contributed by atoms with E-state index in [2.05, 4.69) is 41.4 Å². The maximum atomic E-state index is 5.47. The van der Waals surface area contributed by atoms with Crippen LogP contribution < -0.4 is 5.73 Å². The highest BCUT2D eigenvalue weighted by atomic mass is 79.9. The Morgan fingerprint density at radius 3 is 3.05 bits per heavy atom. The van der Waals surface area contributed by atoms with Gasteiger partial charge in [-0.25, -0.2) is 4.68 Å². The van der Waals surface area contributed by atoms with Gasteiger partial charge in [0, 0.05) is 17.2 Å². The molecule has 0 radical (unpaired) electrons. The van der Waals surface area contributed by atoms with Crippen LogP contribution in [0.15, 0.2) is 33.5 Å². The molecule has 8 nitrogen and oxygen atoms in total. The number of hydrogen-bond donors (Lipinski definition) is 1. The lowest BCUT2D eigenvalue weighted by atomic mass is 10.3. The molecule has 0 aliphatic rings. The monoisotopic (exact) mass is 335 g/mol. The fraction of sp³-hybridized carbons (Fsp3) is 0.182. The van der Waals surface area contributed by atoms with E-state index in [1.54, 1.807) is 17.1 Å². The van der Waals surface area contributed by atoms with Crippen LogP contribution in [-0.4, -0.2) is 30.1 Å². The summed E-state index contributed by atoms with van der Waals surface area (Å²) in [5.41, 5.74) is 6.81. The van der Waals surface area contributed by atoms with Gasteiger partial charge in [0.1, 0.15) is 12.2 Å². The summed E-state index contributed by atoms with van der Waals surface area (Å²) in [7, 11) is 0. The molecule has 0 saturated carbocycles. The van der Waals surface area contributed by atoms with Crippen LogP contribution in [0.5, 0.6) is 0 Å². The van der Waals surface area contributed by atoms with Gasteiger partial charge in [0.15, 0.2) is 0 Å². The molecule has 0 aliphatic heterocycles. The highest BCUT2D eigenvalue weighted by molar-refractivity contribution is 9.10. The molecular formula is C11H10BrN7O. The Bertz CT molecular complexity index is 723. The molecule has 102 valence electrons. The zero-order valence-electron chi connectivity index (χ0n) is 10.3. The van der Waals surface area contributed by atoms with Crippen molar-refractivity contribution in [3.05, 3.63) is 40.6 Å². The Labute approximate surface area is 122 Å². The fourth-order valence-corrected chi connectivity index (χ4v) is 2.05. The van der Waals surface area contributed by atoms with Crippen molar-refractivity contribution in [1.29, 1.82) is 0 Å². The highest BCUT2D eigenvalue weighted by Crippen LogP contribution is 2.22. The minimum atomic E-state index is 0.338.